The van der Waals surface area contributed by atoms with Crippen molar-refractivity contribution in [2.24, 2.45) is 0 Å². The summed E-state index contributed by atoms with van der Waals surface area (Å²) < 4.78 is 0. The number of rotatable bonds is 6. The molecular formula is C13H13N5O3. The summed E-state index contributed by atoms with van der Waals surface area (Å²) in [7, 11) is 0. The van der Waals surface area contributed by atoms with E-state index >= 15 is 0 Å². The van der Waals surface area contributed by atoms with Crippen LogP contribution in [0.5, 0.6) is 0 Å². The van der Waals surface area contributed by atoms with Gasteiger partial charge in [-0.3, -0.25) is 14.6 Å². The van der Waals surface area contributed by atoms with E-state index in [1.54, 1.807) is 18.3 Å². The standard InChI is InChI=1S/C13H13N5O3/c19-12(4-5-13(20)21)16-8-11-15-7-10(17-18-11)9-3-1-2-6-14-9/h1-3,6-7H,4-5,8H2,(H,16,19)(H,20,21). The van der Waals surface area contributed by atoms with Crippen LogP contribution in [0.2, 0.25) is 0 Å². The van der Waals surface area contributed by atoms with Crippen LogP contribution in [0.25, 0.3) is 11.4 Å². The zero-order valence-corrected chi connectivity index (χ0v) is 11.1. The minimum atomic E-state index is -1.01. The number of hydrogen-bond donors (Lipinski definition) is 2. The number of carbonyl (C=O) groups excluding carboxylic acids is 1. The smallest absolute Gasteiger partial charge is 0.303 e. The molecule has 2 aromatic rings. The lowest BCUT2D eigenvalue weighted by Gasteiger charge is -2.03. The number of carbonyl (C=O) groups is 2. The highest BCUT2D eigenvalue weighted by atomic mass is 16.4. The Hall–Kier alpha value is -2.90. The van der Waals surface area contributed by atoms with Crippen molar-refractivity contribution < 1.29 is 14.7 Å². The molecule has 1 amide bonds. The molecule has 108 valence electrons. The molecule has 2 heterocycles. The van der Waals surface area contributed by atoms with Crippen LogP contribution < -0.4 is 5.32 Å². The molecule has 8 heteroatoms. The van der Waals surface area contributed by atoms with Crippen LogP contribution in [0.1, 0.15) is 18.7 Å². The Morgan fingerprint density at radius 3 is 2.57 bits per heavy atom. The number of aliphatic carboxylic acids is 1. The van der Waals surface area contributed by atoms with E-state index in [-0.39, 0.29) is 25.3 Å². The van der Waals surface area contributed by atoms with Crippen molar-refractivity contribution in [2.45, 2.75) is 19.4 Å². The molecule has 0 aliphatic rings. The highest BCUT2D eigenvalue weighted by Gasteiger charge is 2.07. The molecule has 0 unspecified atom stereocenters. The van der Waals surface area contributed by atoms with Crippen molar-refractivity contribution in [2.75, 3.05) is 0 Å². The van der Waals surface area contributed by atoms with E-state index in [2.05, 4.69) is 25.5 Å². The van der Waals surface area contributed by atoms with Crippen molar-refractivity contribution in [3.8, 4) is 11.4 Å². The number of pyridine rings is 1. The quantitative estimate of drug-likeness (QED) is 0.790. The summed E-state index contributed by atoms with van der Waals surface area (Å²) >= 11 is 0. The van der Waals surface area contributed by atoms with Crippen molar-refractivity contribution in [3.63, 3.8) is 0 Å². The number of carboxylic acid groups (broad SMARTS) is 1. The zero-order chi connectivity index (χ0) is 15.1. The summed E-state index contributed by atoms with van der Waals surface area (Å²) in [6, 6.07) is 5.42. The van der Waals surface area contributed by atoms with Gasteiger partial charge in [0.2, 0.25) is 5.91 Å². The number of nitrogens with one attached hydrogen (secondary N) is 1. The lowest BCUT2D eigenvalue weighted by atomic mass is 10.3. The van der Waals surface area contributed by atoms with Crippen molar-refractivity contribution in [1.82, 2.24) is 25.5 Å². The summed E-state index contributed by atoms with van der Waals surface area (Å²) in [5, 5.41) is 18.9. The highest BCUT2D eigenvalue weighted by Crippen LogP contribution is 2.10. The lowest BCUT2D eigenvalue weighted by Crippen LogP contribution is -2.24. The molecule has 21 heavy (non-hydrogen) atoms. The molecular weight excluding hydrogens is 274 g/mol. The van der Waals surface area contributed by atoms with Crippen LogP contribution in [0.3, 0.4) is 0 Å². The average molecular weight is 287 g/mol. The Bertz CT molecular complexity index is 615. The van der Waals surface area contributed by atoms with Gasteiger partial charge in [-0.2, -0.15) is 0 Å². The van der Waals surface area contributed by atoms with Gasteiger partial charge in [-0.1, -0.05) is 6.07 Å². The van der Waals surface area contributed by atoms with Crippen LogP contribution in [0.4, 0.5) is 0 Å². The number of hydrogen-bond acceptors (Lipinski definition) is 6. The second-order valence-electron chi connectivity index (χ2n) is 4.15. The topological polar surface area (TPSA) is 118 Å². The second-order valence-corrected chi connectivity index (χ2v) is 4.15. The van der Waals surface area contributed by atoms with E-state index < -0.39 is 5.97 Å². The maximum atomic E-state index is 11.3. The summed E-state index contributed by atoms with van der Waals surface area (Å²) in [5.74, 6) is -1.03. The molecule has 0 bridgehead atoms. The van der Waals surface area contributed by atoms with Crippen molar-refractivity contribution >= 4 is 11.9 Å². The molecule has 0 aliphatic heterocycles. The number of carboxylic acids is 1. The Morgan fingerprint density at radius 1 is 1.10 bits per heavy atom. The summed E-state index contributed by atoms with van der Waals surface area (Å²) in [5.41, 5.74) is 1.20. The van der Waals surface area contributed by atoms with E-state index in [0.717, 1.165) is 0 Å². The van der Waals surface area contributed by atoms with E-state index in [0.29, 0.717) is 17.2 Å². The van der Waals surface area contributed by atoms with E-state index in [4.69, 9.17) is 5.11 Å². The molecule has 2 aromatic heterocycles. The monoisotopic (exact) mass is 287 g/mol. The Kier molecular flexibility index (Phi) is 4.86. The lowest BCUT2D eigenvalue weighted by molar-refractivity contribution is -0.138. The SMILES string of the molecule is O=C(O)CCC(=O)NCc1ncc(-c2ccccn2)nn1. The minimum Gasteiger partial charge on any atom is -0.481 e. The molecule has 0 spiro atoms. The fourth-order valence-corrected chi connectivity index (χ4v) is 1.50. The first-order valence-corrected chi connectivity index (χ1v) is 6.23. The Labute approximate surface area is 120 Å². The molecule has 0 saturated carbocycles. The molecule has 0 fully saturated rings. The molecule has 0 atom stereocenters. The Balaban J connectivity index is 1.88. The van der Waals surface area contributed by atoms with Crippen LogP contribution in [0.15, 0.2) is 30.6 Å². The van der Waals surface area contributed by atoms with Gasteiger partial charge in [-0.25, -0.2) is 4.98 Å². The molecule has 8 nitrogen and oxygen atoms in total. The second kappa shape index (κ2) is 7.04. The van der Waals surface area contributed by atoms with Gasteiger partial charge in [-0.05, 0) is 12.1 Å². The van der Waals surface area contributed by atoms with Crippen LogP contribution in [-0.2, 0) is 16.1 Å². The molecule has 0 aliphatic carbocycles. The van der Waals surface area contributed by atoms with E-state index in [1.165, 1.54) is 6.20 Å². The number of aromatic nitrogens is 4. The van der Waals surface area contributed by atoms with Crippen LogP contribution in [-0.4, -0.2) is 37.1 Å². The van der Waals surface area contributed by atoms with Gasteiger partial charge in [0.25, 0.3) is 0 Å². The molecule has 0 aromatic carbocycles. The van der Waals surface area contributed by atoms with E-state index in [9.17, 15) is 9.59 Å². The maximum Gasteiger partial charge on any atom is 0.303 e. The van der Waals surface area contributed by atoms with Gasteiger partial charge in [-0.15, -0.1) is 10.2 Å². The summed E-state index contributed by atoms with van der Waals surface area (Å²) in [6.07, 6.45) is 2.89. The largest absolute Gasteiger partial charge is 0.481 e. The Morgan fingerprint density at radius 2 is 1.95 bits per heavy atom. The van der Waals surface area contributed by atoms with Crippen molar-refractivity contribution in [3.05, 3.63) is 36.4 Å². The third kappa shape index (κ3) is 4.60. The first-order valence-electron chi connectivity index (χ1n) is 6.23. The first kappa shape index (κ1) is 14.5. The maximum absolute atomic E-state index is 11.3. The third-order valence-electron chi connectivity index (χ3n) is 2.55. The fraction of sp³-hybridized carbons (Fsp3) is 0.231. The predicted molar refractivity (Wildman–Crippen MR) is 71.8 cm³/mol. The fourth-order valence-electron chi connectivity index (χ4n) is 1.50. The molecule has 2 rings (SSSR count). The van der Waals surface area contributed by atoms with Gasteiger partial charge >= 0.3 is 5.97 Å². The van der Waals surface area contributed by atoms with E-state index in [1.807, 2.05) is 6.07 Å². The normalized spacial score (nSPS) is 10.1. The number of amides is 1. The highest BCUT2D eigenvalue weighted by molar-refractivity contribution is 5.80. The predicted octanol–water partition coefficient (Wildman–Crippen LogP) is 0.415. The summed E-state index contributed by atoms with van der Waals surface area (Å²) in [4.78, 5) is 29.9. The van der Waals surface area contributed by atoms with Gasteiger partial charge in [0.15, 0.2) is 5.82 Å². The average Bonchev–Trinajstić information content (AvgIpc) is 2.52. The van der Waals surface area contributed by atoms with Gasteiger partial charge in [0, 0.05) is 12.6 Å². The third-order valence-corrected chi connectivity index (χ3v) is 2.55. The minimum absolute atomic E-state index is 0.0746. The van der Waals surface area contributed by atoms with Crippen LogP contribution >= 0.6 is 0 Å². The van der Waals surface area contributed by atoms with Gasteiger partial charge in [0.05, 0.1) is 24.9 Å². The van der Waals surface area contributed by atoms with Gasteiger partial charge in [0.1, 0.15) is 5.69 Å². The zero-order valence-electron chi connectivity index (χ0n) is 11.1. The number of nitrogens with zero attached hydrogens (tertiary/aromatic N) is 4. The molecule has 0 radical (unpaired) electrons. The van der Waals surface area contributed by atoms with Crippen LogP contribution in [0, 0.1) is 0 Å². The summed E-state index contributed by atoms with van der Waals surface area (Å²) in [6.45, 7) is 0.105. The first-order chi connectivity index (χ1) is 10.1. The molecule has 0 saturated heterocycles. The van der Waals surface area contributed by atoms with Crippen molar-refractivity contribution in [1.29, 1.82) is 0 Å². The van der Waals surface area contributed by atoms with Gasteiger partial charge < -0.3 is 10.4 Å². The molecule has 2 N–H and O–H groups in total.